The fourth-order valence-electron chi connectivity index (χ4n) is 1.64. The summed E-state index contributed by atoms with van der Waals surface area (Å²) in [6.07, 6.45) is 3.09. The summed E-state index contributed by atoms with van der Waals surface area (Å²) in [6.45, 7) is 16.0. The molecule has 22 heavy (non-hydrogen) atoms. The zero-order chi connectivity index (χ0) is 16.7. The highest BCUT2D eigenvalue weighted by molar-refractivity contribution is 5.79. The number of nitrogens with zero attached hydrogens (tertiary/aromatic N) is 1. The molecular formula is C18H23N3O. The number of allylic oxidation sites excluding steroid dienone is 2. The van der Waals surface area contributed by atoms with E-state index in [1.807, 2.05) is 19.9 Å². The molecule has 0 aromatic heterocycles. The number of nitrogens with one attached hydrogen (secondary N) is 1. The van der Waals surface area contributed by atoms with Gasteiger partial charge in [-0.25, -0.2) is 0 Å². The van der Waals surface area contributed by atoms with Crippen molar-refractivity contribution in [2.24, 2.45) is 10.7 Å². The van der Waals surface area contributed by atoms with Gasteiger partial charge >= 0.3 is 0 Å². The standard InChI is InChI=1S/C18H23N3O/c1-12(2)16-6-17(8-18(22)7-16)15(5)21-11-13(3)10-20-14(4)9-19/h6-10,21-22H,1,3,5,11,19H2,2,4H3/b14-9-,20-10-. The Morgan fingerprint density at radius 2 is 1.86 bits per heavy atom. The molecule has 0 saturated carbocycles. The SMILES string of the molecule is C=C(/C=N\C(C)=C/N)CNC(=C)c1cc(O)cc(C(=C)C)c1. The number of phenolic OH excluding ortho intramolecular Hbond substituents is 1. The molecule has 0 heterocycles. The van der Waals surface area contributed by atoms with E-state index in [9.17, 15) is 5.11 Å². The van der Waals surface area contributed by atoms with Gasteiger partial charge < -0.3 is 16.2 Å². The number of aliphatic imine (C=N–C) groups is 1. The Morgan fingerprint density at radius 3 is 2.45 bits per heavy atom. The van der Waals surface area contributed by atoms with E-state index in [1.165, 1.54) is 6.20 Å². The van der Waals surface area contributed by atoms with Crippen molar-refractivity contribution in [3.05, 3.63) is 66.5 Å². The monoisotopic (exact) mass is 297 g/mol. The molecule has 1 aromatic rings. The van der Waals surface area contributed by atoms with E-state index in [2.05, 4.69) is 30.0 Å². The maximum atomic E-state index is 9.77. The van der Waals surface area contributed by atoms with E-state index in [-0.39, 0.29) is 5.75 Å². The molecule has 0 saturated heterocycles. The Labute approximate surface area is 132 Å². The van der Waals surface area contributed by atoms with Crippen molar-refractivity contribution in [2.45, 2.75) is 13.8 Å². The first kappa shape index (κ1) is 17.3. The third-order valence-electron chi connectivity index (χ3n) is 2.98. The molecule has 1 rings (SSSR count). The lowest BCUT2D eigenvalue weighted by Gasteiger charge is -2.12. The van der Waals surface area contributed by atoms with Crippen molar-refractivity contribution < 1.29 is 5.11 Å². The van der Waals surface area contributed by atoms with E-state index >= 15 is 0 Å². The Hall–Kier alpha value is -2.75. The third-order valence-corrected chi connectivity index (χ3v) is 2.98. The first-order valence-electron chi connectivity index (χ1n) is 6.87. The van der Waals surface area contributed by atoms with E-state index < -0.39 is 0 Å². The van der Waals surface area contributed by atoms with Gasteiger partial charge in [0.2, 0.25) is 0 Å². The van der Waals surface area contributed by atoms with Crippen LogP contribution in [0.4, 0.5) is 0 Å². The van der Waals surface area contributed by atoms with Crippen molar-refractivity contribution in [1.82, 2.24) is 5.32 Å². The molecule has 4 nitrogen and oxygen atoms in total. The molecule has 0 aliphatic heterocycles. The summed E-state index contributed by atoms with van der Waals surface area (Å²) in [5.41, 5.74) is 10.1. The predicted octanol–water partition coefficient (Wildman–Crippen LogP) is 3.43. The third kappa shape index (κ3) is 5.32. The number of nitrogens with two attached hydrogens (primary N) is 1. The van der Waals surface area contributed by atoms with Crippen LogP contribution in [0.5, 0.6) is 5.75 Å². The van der Waals surface area contributed by atoms with Crippen molar-refractivity contribution in [3.8, 4) is 5.75 Å². The molecule has 0 fully saturated rings. The van der Waals surface area contributed by atoms with E-state index in [1.54, 1.807) is 18.3 Å². The second-order valence-corrected chi connectivity index (χ2v) is 5.11. The molecule has 4 heteroatoms. The topological polar surface area (TPSA) is 70.6 Å². The lowest BCUT2D eigenvalue weighted by Crippen LogP contribution is -2.15. The Kier molecular flexibility index (Phi) is 6.20. The highest BCUT2D eigenvalue weighted by atomic mass is 16.3. The second kappa shape index (κ2) is 7.88. The molecule has 0 unspecified atom stereocenters. The quantitative estimate of drug-likeness (QED) is 0.675. The maximum absolute atomic E-state index is 9.77. The van der Waals surface area contributed by atoms with Gasteiger partial charge in [0.05, 0.1) is 5.70 Å². The van der Waals surface area contributed by atoms with Crippen LogP contribution in [0.15, 0.2) is 60.4 Å². The lowest BCUT2D eigenvalue weighted by molar-refractivity contribution is 0.475. The first-order chi connectivity index (χ1) is 10.3. The van der Waals surface area contributed by atoms with Gasteiger partial charge in [-0.1, -0.05) is 25.3 Å². The minimum absolute atomic E-state index is 0.183. The van der Waals surface area contributed by atoms with Crippen molar-refractivity contribution in [3.63, 3.8) is 0 Å². The van der Waals surface area contributed by atoms with E-state index in [4.69, 9.17) is 5.73 Å². The van der Waals surface area contributed by atoms with Crippen LogP contribution in [-0.4, -0.2) is 17.9 Å². The molecule has 0 bridgehead atoms. The summed E-state index contributed by atoms with van der Waals surface area (Å²) < 4.78 is 0. The van der Waals surface area contributed by atoms with Gasteiger partial charge in [0.25, 0.3) is 0 Å². The van der Waals surface area contributed by atoms with Gasteiger partial charge in [-0.3, -0.25) is 4.99 Å². The lowest BCUT2D eigenvalue weighted by atomic mass is 10.0. The van der Waals surface area contributed by atoms with E-state index in [0.717, 1.165) is 28.0 Å². The molecule has 0 aliphatic rings. The smallest absolute Gasteiger partial charge is 0.116 e. The Bertz CT molecular complexity index is 654. The average Bonchev–Trinajstić information content (AvgIpc) is 2.49. The van der Waals surface area contributed by atoms with Gasteiger partial charge in [0.1, 0.15) is 5.75 Å². The van der Waals surface area contributed by atoms with Crippen molar-refractivity contribution >= 4 is 17.5 Å². The van der Waals surface area contributed by atoms with Crippen molar-refractivity contribution in [1.29, 1.82) is 0 Å². The molecule has 0 spiro atoms. The minimum Gasteiger partial charge on any atom is -0.508 e. The molecular weight excluding hydrogens is 274 g/mol. The number of phenols is 1. The summed E-state index contributed by atoms with van der Waals surface area (Å²) in [5, 5.41) is 12.9. The van der Waals surface area contributed by atoms with Crippen LogP contribution >= 0.6 is 0 Å². The number of hydrogen-bond donors (Lipinski definition) is 3. The number of rotatable bonds is 7. The largest absolute Gasteiger partial charge is 0.508 e. The number of hydrogen-bond acceptors (Lipinski definition) is 4. The van der Waals surface area contributed by atoms with Crippen molar-refractivity contribution in [2.75, 3.05) is 6.54 Å². The fourth-order valence-corrected chi connectivity index (χ4v) is 1.64. The van der Waals surface area contributed by atoms with Gasteiger partial charge in [-0.05, 0) is 43.2 Å². The van der Waals surface area contributed by atoms with Gasteiger partial charge in [0, 0.05) is 30.2 Å². The highest BCUT2D eigenvalue weighted by Crippen LogP contribution is 2.23. The summed E-state index contributed by atoms with van der Waals surface area (Å²) in [5.74, 6) is 0.183. The molecule has 0 atom stereocenters. The van der Waals surface area contributed by atoms with Crippen LogP contribution in [0.2, 0.25) is 0 Å². The van der Waals surface area contributed by atoms with Crippen LogP contribution in [0.1, 0.15) is 25.0 Å². The van der Waals surface area contributed by atoms with Crippen LogP contribution in [0.25, 0.3) is 11.3 Å². The molecule has 0 radical (unpaired) electrons. The highest BCUT2D eigenvalue weighted by Gasteiger charge is 2.04. The molecule has 1 aromatic carbocycles. The Balaban J connectivity index is 2.72. The van der Waals surface area contributed by atoms with Gasteiger partial charge in [0.15, 0.2) is 0 Å². The molecule has 0 amide bonds. The normalized spacial score (nSPS) is 11.5. The average molecular weight is 297 g/mol. The van der Waals surface area contributed by atoms with Gasteiger partial charge in [-0.2, -0.15) is 0 Å². The van der Waals surface area contributed by atoms with Crippen LogP contribution in [0, 0.1) is 0 Å². The molecule has 0 aliphatic carbocycles. The van der Waals surface area contributed by atoms with Gasteiger partial charge in [-0.15, -0.1) is 0 Å². The zero-order valence-electron chi connectivity index (χ0n) is 13.2. The number of benzene rings is 1. The number of aromatic hydroxyl groups is 1. The summed E-state index contributed by atoms with van der Waals surface area (Å²) in [7, 11) is 0. The zero-order valence-corrected chi connectivity index (χ0v) is 13.2. The van der Waals surface area contributed by atoms with E-state index in [0.29, 0.717) is 12.2 Å². The Morgan fingerprint density at radius 1 is 1.23 bits per heavy atom. The summed E-state index contributed by atoms with van der Waals surface area (Å²) in [6, 6.07) is 5.25. The van der Waals surface area contributed by atoms with Crippen LogP contribution in [-0.2, 0) is 0 Å². The second-order valence-electron chi connectivity index (χ2n) is 5.11. The summed E-state index contributed by atoms with van der Waals surface area (Å²) >= 11 is 0. The molecule has 116 valence electrons. The maximum Gasteiger partial charge on any atom is 0.116 e. The fraction of sp³-hybridized carbons (Fsp3) is 0.167. The van der Waals surface area contributed by atoms with Crippen LogP contribution < -0.4 is 11.1 Å². The van der Waals surface area contributed by atoms with Crippen LogP contribution in [0.3, 0.4) is 0 Å². The molecule has 4 N–H and O–H groups in total. The predicted molar refractivity (Wildman–Crippen MR) is 95.4 cm³/mol. The summed E-state index contributed by atoms with van der Waals surface area (Å²) in [4.78, 5) is 4.13. The minimum atomic E-state index is 0.183. The first-order valence-corrected chi connectivity index (χ1v) is 6.87.